The molecule has 4 aromatic rings. The molecule has 0 bridgehead atoms. The van der Waals surface area contributed by atoms with Crippen molar-refractivity contribution >= 4 is 33.6 Å². The summed E-state index contributed by atoms with van der Waals surface area (Å²) < 4.78 is 3.05. The van der Waals surface area contributed by atoms with E-state index in [4.69, 9.17) is 0 Å². The number of para-hydroxylation sites is 2. The predicted molar refractivity (Wildman–Crippen MR) is 109 cm³/mol. The van der Waals surface area contributed by atoms with Crippen LogP contribution >= 0.6 is 0 Å². The highest BCUT2D eigenvalue weighted by atomic mass is 16.2. The molecule has 0 atom stereocenters. The van der Waals surface area contributed by atoms with Gasteiger partial charge in [0.1, 0.15) is 6.54 Å². The van der Waals surface area contributed by atoms with Gasteiger partial charge in [-0.1, -0.05) is 30.3 Å². The number of rotatable bonds is 3. The van der Waals surface area contributed by atoms with E-state index in [-0.39, 0.29) is 12.1 Å². The van der Waals surface area contributed by atoms with Crippen molar-refractivity contribution in [3.63, 3.8) is 0 Å². The quantitative estimate of drug-likeness (QED) is 0.521. The fraction of sp³-hybridized carbons (Fsp3) is 0.143. The van der Waals surface area contributed by atoms with Crippen LogP contribution in [0, 0.1) is 6.92 Å². The Morgan fingerprint density at radius 2 is 1.79 bits per heavy atom. The van der Waals surface area contributed by atoms with E-state index in [0.29, 0.717) is 16.5 Å². The van der Waals surface area contributed by atoms with E-state index in [1.807, 2.05) is 48.9 Å². The summed E-state index contributed by atoms with van der Waals surface area (Å²) in [7, 11) is 1.85. The van der Waals surface area contributed by atoms with Crippen LogP contribution in [0.15, 0.2) is 59.8 Å². The summed E-state index contributed by atoms with van der Waals surface area (Å²) >= 11 is 0. The number of carbonyl (C=O) groups is 2. The summed E-state index contributed by atoms with van der Waals surface area (Å²) in [6.45, 7) is 1.61. The lowest BCUT2D eigenvalue weighted by Gasteiger charge is -2.09. The molecule has 8 heteroatoms. The third kappa shape index (κ3) is 3.36. The fourth-order valence-corrected chi connectivity index (χ4v) is 3.36. The molecule has 2 N–H and O–H groups in total. The molecular weight excluding hydrogens is 370 g/mol. The van der Waals surface area contributed by atoms with E-state index in [0.717, 1.165) is 16.5 Å². The molecule has 0 radical (unpaired) electrons. The smallest absolute Gasteiger partial charge is 0.271 e. The van der Waals surface area contributed by atoms with Crippen LogP contribution in [-0.2, 0) is 18.4 Å². The number of amides is 2. The van der Waals surface area contributed by atoms with Crippen molar-refractivity contribution < 1.29 is 9.59 Å². The minimum atomic E-state index is -0.533. The summed E-state index contributed by atoms with van der Waals surface area (Å²) in [6, 6.07) is 12.8. The van der Waals surface area contributed by atoms with Gasteiger partial charge in [0, 0.05) is 24.1 Å². The van der Waals surface area contributed by atoms with Crippen LogP contribution < -0.4 is 16.4 Å². The van der Waals surface area contributed by atoms with E-state index in [2.05, 4.69) is 15.8 Å². The number of hydrogen-bond donors (Lipinski definition) is 2. The summed E-state index contributed by atoms with van der Waals surface area (Å²) in [5.74, 6) is -0.968. The second-order valence-corrected chi connectivity index (χ2v) is 6.82. The second kappa shape index (κ2) is 7.23. The minimum absolute atomic E-state index is 0.258. The SMILES string of the molecule is Cc1cccc2c(=O)n(CC(=O)NNC(=O)c3cn(C)c4ccccc34)cnc12. The maximum atomic E-state index is 12.6. The van der Waals surface area contributed by atoms with Crippen LogP contribution in [0.4, 0.5) is 0 Å². The number of carbonyl (C=O) groups excluding carboxylic acids is 2. The van der Waals surface area contributed by atoms with Crippen molar-refractivity contribution in [2.45, 2.75) is 13.5 Å². The van der Waals surface area contributed by atoms with Gasteiger partial charge >= 0.3 is 0 Å². The first-order valence-electron chi connectivity index (χ1n) is 9.03. The largest absolute Gasteiger partial charge is 0.350 e. The van der Waals surface area contributed by atoms with Crippen LogP contribution in [0.3, 0.4) is 0 Å². The van der Waals surface area contributed by atoms with E-state index in [9.17, 15) is 14.4 Å². The molecule has 146 valence electrons. The van der Waals surface area contributed by atoms with Gasteiger partial charge in [-0.25, -0.2) is 4.98 Å². The summed E-state index contributed by atoms with van der Waals surface area (Å²) in [5.41, 5.74) is 7.30. The van der Waals surface area contributed by atoms with Gasteiger partial charge in [0.2, 0.25) is 0 Å². The molecule has 0 aliphatic carbocycles. The van der Waals surface area contributed by atoms with Crippen molar-refractivity contribution in [2.75, 3.05) is 0 Å². The molecular formula is C21H19N5O3. The number of fused-ring (bicyclic) bond motifs is 2. The molecule has 2 aromatic carbocycles. The zero-order valence-corrected chi connectivity index (χ0v) is 16.0. The normalized spacial score (nSPS) is 11.0. The summed E-state index contributed by atoms with van der Waals surface area (Å²) in [4.78, 5) is 41.6. The van der Waals surface area contributed by atoms with Gasteiger partial charge in [0.25, 0.3) is 17.4 Å². The van der Waals surface area contributed by atoms with Crippen molar-refractivity contribution in [3.8, 4) is 0 Å². The van der Waals surface area contributed by atoms with Crippen molar-refractivity contribution in [2.24, 2.45) is 7.05 Å². The Morgan fingerprint density at radius 1 is 1.03 bits per heavy atom. The lowest BCUT2D eigenvalue weighted by molar-refractivity contribution is -0.122. The molecule has 0 saturated carbocycles. The number of aryl methyl sites for hydroxylation is 2. The fourth-order valence-electron chi connectivity index (χ4n) is 3.36. The van der Waals surface area contributed by atoms with Gasteiger partial charge in [-0.15, -0.1) is 0 Å². The zero-order valence-electron chi connectivity index (χ0n) is 16.0. The molecule has 0 spiro atoms. The predicted octanol–water partition coefficient (Wildman–Crippen LogP) is 1.66. The second-order valence-electron chi connectivity index (χ2n) is 6.82. The Hall–Kier alpha value is -3.94. The van der Waals surface area contributed by atoms with Gasteiger partial charge < -0.3 is 4.57 Å². The Labute approximate surface area is 165 Å². The number of nitrogens with one attached hydrogen (secondary N) is 2. The van der Waals surface area contributed by atoms with Crippen LogP contribution in [0.5, 0.6) is 0 Å². The van der Waals surface area contributed by atoms with Gasteiger partial charge in [-0.3, -0.25) is 29.8 Å². The average Bonchev–Trinajstić information content (AvgIpc) is 3.06. The van der Waals surface area contributed by atoms with Crippen molar-refractivity contribution in [1.82, 2.24) is 25.0 Å². The highest BCUT2D eigenvalue weighted by Crippen LogP contribution is 2.19. The maximum absolute atomic E-state index is 12.6. The topological polar surface area (TPSA) is 98.0 Å². The van der Waals surface area contributed by atoms with Gasteiger partial charge in [-0.05, 0) is 24.6 Å². The van der Waals surface area contributed by atoms with Crippen molar-refractivity contribution in [3.05, 3.63) is 76.5 Å². The number of aromatic nitrogens is 3. The first-order valence-corrected chi connectivity index (χ1v) is 9.03. The Bertz CT molecular complexity index is 1320. The van der Waals surface area contributed by atoms with E-state index in [1.54, 1.807) is 18.3 Å². The van der Waals surface area contributed by atoms with Gasteiger partial charge in [0.15, 0.2) is 0 Å². The Kier molecular flexibility index (Phi) is 4.59. The van der Waals surface area contributed by atoms with E-state index < -0.39 is 11.8 Å². The molecule has 2 aromatic heterocycles. The molecule has 0 aliphatic heterocycles. The summed E-state index contributed by atoms with van der Waals surface area (Å²) in [5, 5.41) is 1.23. The third-order valence-electron chi connectivity index (χ3n) is 4.83. The molecule has 2 amide bonds. The number of hydrogen-bond acceptors (Lipinski definition) is 4. The number of hydrazine groups is 1. The average molecular weight is 389 g/mol. The highest BCUT2D eigenvalue weighted by Gasteiger charge is 2.15. The molecule has 8 nitrogen and oxygen atoms in total. The lowest BCUT2D eigenvalue weighted by Crippen LogP contribution is -2.44. The Morgan fingerprint density at radius 3 is 2.62 bits per heavy atom. The van der Waals surface area contributed by atoms with E-state index in [1.165, 1.54) is 10.9 Å². The monoisotopic (exact) mass is 389 g/mol. The first-order chi connectivity index (χ1) is 14.0. The van der Waals surface area contributed by atoms with Gasteiger partial charge in [-0.2, -0.15) is 0 Å². The molecule has 4 rings (SSSR count). The molecule has 0 fully saturated rings. The van der Waals surface area contributed by atoms with Crippen molar-refractivity contribution in [1.29, 1.82) is 0 Å². The molecule has 29 heavy (non-hydrogen) atoms. The van der Waals surface area contributed by atoms with Crippen LogP contribution in [0.25, 0.3) is 21.8 Å². The minimum Gasteiger partial charge on any atom is -0.350 e. The summed E-state index contributed by atoms with van der Waals surface area (Å²) in [6.07, 6.45) is 3.04. The Balaban J connectivity index is 1.48. The lowest BCUT2D eigenvalue weighted by atomic mass is 10.1. The number of benzene rings is 2. The highest BCUT2D eigenvalue weighted by molar-refractivity contribution is 6.07. The maximum Gasteiger partial charge on any atom is 0.271 e. The van der Waals surface area contributed by atoms with Crippen LogP contribution in [0.1, 0.15) is 15.9 Å². The molecule has 0 saturated heterocycles. The first kappa shape index (κ1) is 18.4. The standard InChI is InChI=1S/C21H19N5O3/c1-13-6-5-8-15-19(13)22-12-26(21(15)29)11-18(27)23-24-20(28)16-10-25(2)17-9-4-3-7-14(16)17/h3-10,12H,11H2,1-2H3,(H,23,27)(H,24,28). The van der Waals surface area contributed by atoms with Gasteiger partial charge in [0.05, 0.1) is 22.8 Å². The third-order valence-corrected chi connectivity index (χ3v) is 4.83. The molecule has 2 heterocycles. The number of nitrogens with zero attached hydrogens (tertiary/aromatic N) is 3. The molecule has 0 unspecified atom stereocenters. The zero-order chi connectivity index (χ0) is 20.5. The molecule has 0 aliphatic rings. The van der Waals surface area contributed by atoms with Crippen LogP contribution in [-0.4, -0.2) is 25.9 Å². The van der Waals surface area contributed by atoms with E-state index >= 15 is 0 Å². The van der Waals surface area contributed by atoms with Crippen LogP contribution in [0.2, 0.25) is 0 Å².